The van der Waals surface area contributed by atoms with Gasteiger partial charge in [0, 0.05) is 20.1 Å². The molecule has 0 saturated carbocycles. The molecule has 7 heteroatoms. The topological polar surface area (TPSA) is 48.0 Å². The maximum Gasteiger partial charge on any atom is 0.259 e. The lowest BCUT2D eigenvalue weighted by atomic mass is 9.94. The fraction of sp³-hybridized carbons (Fsp3) is 0.842. The smallest absolute Gasteiger partial charge is 0.259 e. The van der Waals surface area contributed by atoms with E-state index in [-0.39, 0.29) is 18.0 Å². The van der Waals surface area contributed by atoms with Crippen LogP contribution in [-0.4, -0.2) is 76.5 Å². The van der Waals surface area contributed by atoms with Gasteiger partial charge in [0.2, 0.25) is 0 Å². The Balaban J connectivity index is 2.40. The van der Waals surface area contributed by atoms with Crippen molar-refractivity contribution in [2.75, 3.05) is 39.9 Å². The summed E-state index contributed by atoms with van der Waals surface area (Å²) < 4.78 is 17.0. The van der Waals surface area contributed by atoms with Crippen LogP contribution < -0.4 is 0 Å². The van der Waals surface area contributed by atoms with Gasteiger partial charge < -0.3 is 19.1 Å². The summed E-state index contributed by atoms with van der Waals surface area (Å²) in [5, 5.41) is 1.21. The van der Waals surface area contributed by atoms with Crippen molar-refractivity contribution in [3.05, 3.63) is 11.3 Å². The van der Waals surface area contributed by atoms with E-state index in [0.717, 1.165) is 19.3 Å². The van der Waals surface area contributed by atoms with E-state index in [1.807, 2.05) is 4.90 Å². The molecule has 0 aliphatic carbocycles. The Hall–Kier alpha value is -0.403. The number of hydrogen-bond acceptors (Lipinski definition) is 4. The highest BCUT2D eigenvalue weighted by molar-refractivity contribution is 6.84. The fourth-order valence-electron chi connectivity index (χ4n) is 4.44. The van der Waals surface area contributed by atoms with E-state index >= 15 is 0 Å². The zero-order valence-corrected chi connectivity index (χ0v) is 18.6. The monoisotopic (exact) mass is 403 g/mol. The zero-order valence-electron chi connectivity index (χ0n) is 16.8. The Labute approximate surface area is 164 Å². The fourth-order valence-corrected chi connectivity index (χ4v) is 6.79. The van der Waals surface area contributed by atoms with Gasteiger partial charge in [0.25, 0.3) is 5.91 Å². The first-order valence-corrected chi connectivity index (χ1v) is 13.6. The van der Waals surface area contributed by atoms with Crippen LogP contribution >= 0.6 is 11.6 Å². The number of alkyl halides is 1. The standard InChI is InChI=1S/C19H34ClNO4Si/c1-23-13-15-7-8-16(14-24-2)21(15)18(22)19(10-6-11-20)17(9-12-25-19)26(3,4)5/h9,15-16H,6-8,10-14H2,1-5H3/t15-,16-,19-/m0/s1. The second-order valence-electron chi connectivity index (χ2n) is 8.31. The number of rotatable bonds is 9. The highest BCUT2D eigenvalue weighted by atomic mass is 35.5. The second kappa shape index (κ2) is 9.19. The van der Waals surface area contributed by atoms with Crippen molar-refractivity contribution in [1.82, 2.24) is 4.90 Å². The molecule has 0 aromatic carbocycles. The molecule has 0 aromatic rings. The second-order valence-corrected chi connectivity index (χ2v) is 13.7. The average Bonchev–Trinajstić information content (AvgIpc) is 3.18. The van der Waals surface area contributed by atoms with Crippen LogP contribution in [0.1, 0.15) is 25.7 Å². The summed E-state index contributed by atoms with van der Waals surface area (Å²) in [5.41, 5.74) is -0.859. The minimum absolute atomic E-state index is 0.0765. The summed E-state index contributed by atoms with van der Waals surface area (Å²) in [5.74, 6) is 0.607. The van der Waals surface area contributed by atoms with Gasteiger partial charge in [0.15, 0.2) is 5.60 Å². The highest BCUT2D eigenvalue weighted by Crippen LogP contribution is 2.41. The zero-order chi connectivity index (χ0) is 19.4. The number of methoxy groups -OCH3 is 2. The van der Waals surface area contributed by atoms with Crippen molar-refractivity contribution in [3.63, 3.8) is 0 Å². The Morgan fingerprint density at radius 1 is 1.27 bits per heavy atom. The molecule has 1 saturated heterocycles. The molecule has 3 atom stereocenters. The van der Waals surface area contributed by atoms with Gasteiger partial charge in [-0.05, 0) is 30.9 Å². The third-order valence-corrected chi connectivity index (χ3v) is 7.93. The van der Waals surface area contributed by atoms with E-state index in [2.05, 4.69) is 25.7 Å². The number of hydrogen-bond donors (Lipinski definition) is 0. The van der Waals surface area contributed by atoms with Crippen molar-refractivity contribution in [2.24, 2.45) is 0 Å². The molecule has 26 heavy (non-hydrogen) atoms. The van der Waals surface area contributed by atoms with E-state index in [1.54, 1.807) is 14.2 Å². The Morgan fingerprint density at radius 2 is 1.85 bits per heavy atom. The Morgan fingerprint density at radius 3 is 2.31 bits per heavy atom. The van der Waals surface area contributed by atoms with Gasteiger partial charge in [-0.2, -0.15) is 0 Å². The molecule has 2 aliphatic rings. The minimum Gasteiger partial charge on any atom is -0.383 e. The van der Waals surface area contributed by atoms with Gasteiger partial charge in [-0.3, -0.25) is 4.79 Å². The number of nitrogens with zero attached hydrogens (tertiary/aromatic N) is 1. The van der Waals surface area contributed by atoms with E-state index in [9.17, 15) is 4.79 Å². The summed E-state index contributed by atoms with van der Waals surface area (Å²) in [6, 6.07) is 0.153. The molecule has 0 aromatic heterocycles. The summed E-state index contributed by atoms with van der Waals surface area (Å²) in [6.45, 7) is 8.43. The molecule has 0 N–H and O–H groups in total. The van der Waals surface area contributed by atoms with Crippen molar-refractivity contribution < 1.29 is 19.0 Å². The van der Waals surface area contributed by atoms with Crippen LogP contribution in [0.3, 0.4) is 0 Å². The van der Waals surface area contributed by atoms with Gasteiger partial charge >= 0.3 is 0 Å². The molecule has 2 heterocycles. The molecule has 0 unspecified atom stereocenters. The number of carbonyl (C=O) groups is 1. The lowest BCUT2D eigenvalue weighted by molar-refractivity contribution is -0.156. The predicted molar refractivity (Wildman–Crippen MR) is 107 cm³/mol. The third kappa shape index (κ3) is 4.36. The predicted octanol–water partition coefficient (Wildman–Crippen LogP) is 3.23. The largest absolute Gasteiger partial charge is 0.383 e. The normalized spacial score (nSPS) is 29.3. The number of carbonyl (C=O) groups excluding carboxylic acids is 1. The number of ether oxygens (including phenoxy) is 3. The molecular formula is C19H34ClNO4Si. The van der Waals surface area contributed by atoms with Gasteiger partial charge in [-0.25, -0.2) is 0 Å². The van der Waals surface area contributed by atoms with E-state index in [1.165, 1.54) is 5.20 Å². The molecule has 0 radical (unpaired) electrons. The van der Waals surface area contributed by atoms with Crippen LogP contribution in [0.4, 0.5) is 0 Å². The van der Waals surface area contributed by atoms with Crippen LogP contribution in [-0.2, 0) is 19.0 Å². The SMILES string of the molecule is COC[C@@H]1CC[C@@H](COC)N1C(=O)[C@@]1(CCCCl)OCC=C1[Si](C)(C)C. The molecule has 0 bridgehead atoms. The van der Waals surface area contributed by atoms with E-state index < -0.39 is 13.7 Å². The van der Waals surface area contributed by atoms with Crippen molar-refractivity contribution >= 4 is 25.6 Å². The van der Waals surface area contributed by atoms with Gasteiger partial charge in [0.05, 0.1) is 40.0 Å². The first-order chi connectivity index (χ1) is 12.3. The van der Waals surface area contributed by atoms with Crippen molar-refractivity contribution in [1.29, 1.82) is 0 Å². The molecule has 150 valence electrons. The first-order valence-electron chi connectivity index (χ1n) is 9.53. The molecule has 1 amide bonds. The van der Waals surface area contributed by atoms with Gasteiger partial charge in [-0.15, -0.1) is 11.6 Å². The maximum atomic E-state index is 13.9. The third-order valence-electron chi connectivity index (χ3n) is 5.44. The lowest BCUT2D eigenvalue weighted by Gasteiger charge is -2.42. The Kier molecular flexibility index (Phi) is 7.74. The molecule has 1 fully saturated rings. The van der Waals surface area contributed by atoms with Crippen LogP contribution in [0, 0.1) is 0 Å². The summed E-state index contributed by atoms with van der Waals surface area (Å²) in [4.78, 5) is 15.9. The number of amides is 1. The van der Waals surface area contributed by atoms with Gasteiger partial charge in [0.1, 0.15) is 0 Å². The number of likely N-dealkylation sites (tertiary alicyclic amines) is 1. The van der Waals surface area contributed by atoms with Crippen LogP contribution in [0.5, 0.6) is 0 Å². The molecular weight excluding hydrogens is 370 g/mol. The van der Waals surface area contributed by atoms with Gasteiger partial charge in [-0.1, -0.05) is 25.7 Å². The van der Waals surface area contributed by atoms with Crippen LogP contribution in [0.15, 0.2) is 11.3 Å². The molecule has 0 spiro atoms. The minimum atomic E-state index is -1.72. The molecule has 2 rings (SSSR count). The van der Waals surface area contributed by atoms with Crippen molar-refractivity contribution in [2.45, 2.75) is 63.0 Å². The Bertz CT molecular complexity index is 508. The van der Waals surface area contributed by atoms with Crippen molar-refractivity contribution in [3.8, 4) is 0 Å². The molecule has 5 nitrogen and oxygen atoms in total. The van der Waals surface area contributed by atoms with E-state index in [4.69, 9.17) is 25.8 Å². The highest BCUT2D eigenvalue weighted by Gasteiger charge is 2.54. The van der Waals surface area contributed by atoms with Crippen LogP contribution in [0.2, 0.25) is 19.6 Å². The van der Waals surface area contributed by atoms with E-state index in [0.29, 0.717) is 32.1 Å². The van der Waals surface area contributed by atoms with Crippen LogP contribution in [0.25, 0.3) is 0 Å². The number of halogens is 1. The summed E-state index contributed by atoms with van der Waals surface area (Å²) in [6.07, 6.45) is 5.41. The quantitative estimate of drug-likeness (QED) is 0.438. The average molecular weight is 404 g/mol. The first kappa shape index (κ1) is 21.9. The summed E-state index contributed by atoms with van der Waals surface area (Å²) in [7, 11) is 1.66. The maximum absolute atomic E-state index is 13.9. The summed E-state index contributed by atoms with van der Waals surface area (Å²) >= 11 is 6.00. The lowest BCUT2D eigenvalue weighted by Crippen LogP contribution is -2.58. The molecule has 2 aliphatic heterocycles.